The lowest BCUT2D eigenvalue weighted by molar-refractivity contribution is -0.135. The van der Waals surface area contributed by atoms with Crippen LogP contribution in [0.15, 0.2) is 30.2 Å². The van der Waals surface area contributed by atoms with E-state index in [2.05, 4.69) is 32.5 Å². The maximum absolute atomic E-state index is 12.5. The number of carbonyl (C=O) groups excluding carboxylic acids is 1. The minimum atomic E-state index is 0.256. The van der Waals surface area contributed by atoms with Gasteiger partial charge in [-0.3, -0.25) is 9.48 Å². The first kappa shape index (κ1) is 15.2. The van der Waals surface area contributed by atoms with E-state index in [0.717, 1.165) is 32.2 Å². The normalized spacial score (nSPS) is 18.5. The molecule has 0 saturated carbocycles. The average Bonchev–Trinajstić information content (AvgIpc) is 3.24. The standard InChI is InChI=1S/C16H22N4OS/c21-16(8-10-19-13-17-12-18-19)20-9-2-1-4-14(20)6-7-15-5-3-11-22-15/h3,5,11-14H,1-2,4,6-10H2/t14-/m1/s1. The lowest BCUT2D eigenvalue weighted by Gasteiger charge is -2.36. The monoisotopic (exact) mass is 318 g/mol. The summed E-state index contributed by atoms with van der Waals surface area (Å²) in [6.07, 6.45) is 9.35. The molecule has 1 amide bonds. The first-order chi connectivity index (χ1) is 10.8. The van der Waals surface area contributed by atoms with E-state index in [-0.39, 0.29) is 5.91 Å². The summed E-state index contributed by atoms with van der Waals surface area (Å²) in [7, 11) is 0. The highest BCUT2D eigenvalue weighted by atomic mass is 32.1. The third-order valence-electron chi connectivity index (χ3n) is 4.27. The fourth-order valence-corrected chi connectivity index (χ4v) is 3.82. The Morgan fingerprint density at radius 1 is 1.41 bits per heavy atom. The van der Waals surface area contributed by atoms with E-state index >= 15 is 0 Å². The van der Waals surface area contributed by atoms with Crippen LogP contribution < -0.4 is 0 Å². The van der Waals surface area contributed by atoms with Crippen LogP contribution in [-0.2, 0) is 17.8 Å². The Bertz CT molecular complexity index is 567. The number of rotatable bonds is 6. The van der Waals surface area contributed by atoms with Gasteiger partial charge in [-0.25, -0.2) is 4.98 Å². The van der Waals surface area contributed by atoms with Crippen LogP contribution in [0.1, 0.15) is 37.0 Å². The molecule has 0 aliphatic carbocycles. The highest BCUT2D eigenvalue weighted by Crippen LogP contribution is 2.23. The largest absolute Gasteiger partial charge is 0.340 e. The van der Waals surface area contributed by atoms with Crippen LogP contribution in [0.4, 0.5) is 0 Å². The molecule has 3 rings (SSSR count). The quantitative estimate of drug-likeness (QED) is 0.823. The van der Waals surface area contributed by atoms with E-state index in [1.165, 1.54) is 17.6 Å². The number of aryl methyl sites for hydroxylation is 2. The van der Waals surface area contributed by atoms with Gasteiger partial charge >= 0.3 is 0 Å². The highest BCUT2D eigenvalue weighted by Gasteiger charge is 2.26. The van der Waals surface area contributed by atoms with Crippen molar-refractivity contribution < 1.29 is 4.79 Å². The van der Waals surface area contributed by atoms with E-state index in [4.69, 9.17) is 0 Å². The van der Waals surface area contributed by atoms with Crippen molar-refractivity contribution in [2.24, 2.45) is 0 Å². The fourth-order valence-electron chi connectivity index (χ4n) is 3.09. The number of likely N-dealkylation sites (tertiary alicyclic amines) is 1. The summed E-state index contributed by atoms with van der Waals surface area (Å²) in [5, 5.41) is 6.18. The first-order valence-corrected chi connectivity index (χ1v) is 8.85. The van der Waals surface area contributed by atoms with Crippen LogP contribution in [0, 0.1) is 0 Å². The van der Waals surface area contributed by atoms with E-state index in [9.17, 15) is 4.79 Å². The molecule has 0 spiro atoms. The van der Waals surface area contributed by atoms with Crippen LogP contribution in [0.25, 0.3) is 0 Å². The van der Waals surface area contributed by atoms with Gasteiger partial charge in [0.15, 0.2) is 0 Å². The van der Waals surface area contributed by atoms with Crippen molar-refractivity contribution in [3.63, 3.8) is 0 Å². The van der Waals surface area contributed by atoms with Crippen LogP contribution in [0.3, 0.4) is 0 Å². The van der Waals surface area contributed by atoms with Crippen molar-refractivity contribution in [2.75, 3.05) is 6.54 Å². The molecule has 6 heteroatoms. The van der Waals surface area contributed by atoms with E-state index in [0.29, 0.717) is 19.0 Å². The Hall–Kier alpha value is -1.69. The Morgan fingerprint density at radius 3 is 3.14 bits per heavy atom. The molecule has 1 fully saturated rings. The number of nitrogens with zero attached hydrogens (tertiary/aromatic N) is 4. The van der Waals surface area contributed by atoms with Gasteiger partial charge in [0.05, 0.1) is 6.54 Å². The number of aromatic nitrogens is 3. The summed E-state index contributed by atoms with van der Waals surface area (Å²) < 4.78 is 1.72. The van der Waals surface area contributed by atoms with Crippen molar-refractivity contribution in [1.29, 1.82) is 0 Å². The molecule has 0 bridgehead atoms. The van der Waals surface area contributed by atoms with E-state index in [1.54, 1.807) is 11.0 Å². The molecular weight excluding hydrogens is 296 g/mol. The fraction of sp³-hybridized carbons (Fsp3) is 0.562. The predicted molar refractivity (Wildman–Crippen MR) is 86.6 cm³/mol. The summed E-state index contributed by atoms with van der Waals surface area (Å²) in [5.41, 5.74) is 0. The molecule has 1 aliphatic heterocycles. The molecule has 5 nitrogen and oxygen atoms in total. The van der Waals surface area contributed by atoms with Crippen LogP contribution in [0.5, 0.6) is 0 Å². The molecular formula is C16H22N4OS. The highest BCUT2D eigenvalue weighted by molar-refractivity contribution is 7.09. The molecule has 0 aromatic carbocycles. The molecule has 1 saturated heterocycles. The minimum Gasteiger partial charge on any atom is -0.340 e. The molecule has 1 atom stereocenters. The van der Waals surface area contributed by atoms with Crippen molar-refractivity contribution >= 4 is 17.2 Å². The van der Waals surface area contributed by atoms with Gasteiger partial charge in [0, 0.05) is 23.9 Å². The van der Waals surface area contributed by atoms with Gasteiger partial charge in [-0.2, -0.15) is 5.10 Å². The van der Waals surface area contributed by atoms with Crippen molar-refractivity contribution in [3.05, 3.63) is 35.0 Å². The number of hydrogen-bond donors (Lipinski definition) is 0. The lowest BCUT2D eigenvalue weighted by atomic mass is 9.97. The third kappa shape index (κ3) is 3.94. The number of carbonyl (C=O) groups is 1. The molecule has 1 aliphatic rings. The zero-order valence-electron chi connectivity index (χ0n) is 12.7. The smallest absolute Gasteiger partial charge is 0.224 e. The topological polar surface area (TPSA) is 51.0 Å². The second-order valence-electron chi connectivity index (χ2n) is 5.76. The zero-order chi connectivity index (χ0) is 15.2. The Morgan fingerprint density at radius 2 is 2.36 bits per heavy atom. The maximum Gasteiger partial charge on any atom is 0.224 e. The van der Waals surface area contributed by atoms with Crippen LogP contribution >= 0.6 is 11.3 Å². The van der Waals surface area contributed by atoms with Gasteiger partial charge in [0.1, 0.15) is 12.7 Å². The molecule has 0 radical (unpaired) electrons. The number of hydrogen-bond acceptors (Lipinski definition) is 4. The van der Waals surface area contributed by atoms with Gasteiger partial charge in [0.25, 0.3) is 0 Å². The third-order valence-corrected chi connectivity index (χ3v) is 5.21. The van der Waals surface area contributed by atoms with Crippen molar-refractivity contribution in [2.45, 2.75) is 51.1 Å². The molecule has 3 heterocycles. The Kier molecular flexibility index (Phi) is 5.21. The van der Waals surface area contributed by atoms with Crippen molar-refractivity contribution in [3.8, 4) is 0 Å². The van der Waals surface area contributed by atoms with Crippen LogP contribution in [0.2, 0.25) is 0 Å². The lowest BCUT2D eigenvalue weighted by Crippen LogP contribution is -2.44. The summed E-state index contributed by atoms with van der Waals surface area (Å²) in [6.45, 7) is 1.53. The van der Waals surface area contributed by atoms with Gasteiger partial charge in [-0.15, -0.1) is 11.3 Å². The minimum absolute atomic E-state index is 0.256. The Balaban J connectivity index is 1.53. The predicted octanol–water partition coefficient (Wildman–Crippen LogP) is 2.74. The van der Waals surface area contributed by atoms with Crippen molar-refractivity contribution in [1.82, 2.24) is 19.7 Å². The molecule has 0 unspecified atom stereocenters. The zero-order valence-corrected chi connectivity index (χ0v) is 13.5. The number of thiophene rings is 1. The summed E-state index contributed by atoms with van der Waals surface area (Å²) >= 11 is 1.81. The van der Waals surface area contributed by atoms with E-state index < -0.39 is 0 Å². The number of amides is 1. The summed E-state index contributed by atoms with van der Waals surface area (Å²) in [6, 6.07) is 4.69. The number of piperidine rings is 1. The first-order valence-electron chi connectivity index (χ1n) is 7.97. The Labute approximate surface area is 135 Å². The molecule has 118 valence electrons. The average molecular weight is 318 g/mol. The van der Waals surface area contributed by atoms with Gasteiger partial charge in [-0.1, -0.05) is 6.07 Å². The van der Waals surface area contributed by atoms with Gasteiger partial charge in [0.2, 0.25) is 5.91 Å². The van der Waals surface area contributed by atoms with E-state index in [1.807, 2.05) is 11.3 Å². The molecule has 2 aromatic heterocycles. The molecule has 0 N–H and O–H groups in total. The SMILES string of the molecule is O=C(CCn1cncn1)N1CCCC[C@@H]1CCc1cccs1. The summed E-state index contributed by atoms with van der Waals surface area (Å²) in [4.78, 5) is 20.0. The maximum atomic E-state index is 12.5. The second-order valence-corrected chi connectivity index (χ2v) is 6.80. The van der Waals surface area contributed by atoms with Crippen LogP contribution in [-0.4, -0.2) is 38.2 Å². The summed E-state index contributed by atoms with van der Waals surface area (Å²) in [5.74, 6) is 0.256. The van der Waals surface area contributed by atoms with Gasteiger partial charge < -0.3 is 4.90 Å². The van der Waals surface area contributed by atoms with Gasteiger partial charge in [-0.05, 0) is 43.6 Å². The molecule has 2 aromatic rings. The molecule has 22 heavy (non-hydrogen) atoms. The second kappa shape index (κ2) is 7.54.